The summed E-state index contributed by atoms with van der Waals surface area (Å²) in [5.41, 5.74) is 1.53. The van der Waals surface area contributed by atoms with Crippen molar-refractivity contribution < 1.29 is 14.3 Å². The molecular formula is C16H13NO3. The molecule has 100 valence electrons. The zero-order chi connectivity index (χ0) is 14.4. The van der Waals surface area contributed by atoms with E-state index in [2.05, 4.69) is 6.07 Å². The number of hydrogen-bond acceptors (Lipinski definition) is 4. The van der Waals surface area contributed by atoms with Crippen LogP contribution in [-0.4, -0.2) is 5.97 Å². The summed E-state index contributed by atoms with van der Waals surface area (Å²) in [6.07, 6.45) is 0. The summed E-state index contributed by atoms with van der Waals surface area (Å²) in [6.45, 7) is 1.73. The lowest BCUT2D eigenvalue weighted by molar-refractivity contribution is -0.131. The molecule has 0 bridgehead atoms. The van der Waals surface area contributed by atoms with Crippen LogP contribution in [0.15, 0.2) is 48.5 Å². The molecule has 2 aromatic carbocycles. The fraction of sp³-hybridized carbons (Fsp3) is 0.125. The smallest absolute Gasteiger partial charge is 0.308 e. The molecule has 0 aliphatic carbocycles. The van der Waals surface area contributed by atoms with E-state index in [1.54, 1.807) is 36.4 Å². The summed E-state index contributed by atoms with van der Waals surface area (Å²) in [6, 6.07) is 16.1. The standard InChI is InChI=1S/C16H13NO3/c1-12(18)20-16-7-5-15(6-8-16)19-11-14-4-2-3-13(9-14)10-17/h2-9H,11H2,1H3. The highest BCUT2D eigenvalue weighted by Crippen LogP contribution is 2.19. The third kappa shape index (κ3) is 3.85. The molecule has 0 unspecified atom stereocenters. The second-order valence-electron chi connectivity index (χ2n) is 4.17. The Balaban J connectivity index is 1.97. The first-order valence-corrected chi connectivity index (χ1v) is 6.08. The van der Waals surface area contributed by atoms with Crippen molar-refractivity contribution in [2.24, 2.45) is 0 Å². The van der Waals surface area contributed by atoms with E-state index in [1.807, 2.05) is 12.1 Å². The molecule has 0 amide bonds. The van der Waals surface area contributed by atoms with E-state index >= 15 is 0 Å². The van der Waals surface area contributed by atoms with Gasteiger partial charge in [-0.3, -0.25) is 4.79 Å². The maximum atomic E-state index is 10.8. The first kappa shape index (κ1) is 13.6. The van der Waals surface area contributed by atoms with E-state index in [9.17, 15) is 4.79 Å². The summed E-state index contributed by atoms with van der Waals surface area (Å²) < 4.78 is 10.5. The predicted molar refractivity (Wildman–Crippen MR) is 73.2 cm³/mol. The van der Waals surface area contributed by atoms with Crippen LogP contribution in [0.3, 0.4) is 0 Å². The number of hydrogen-bond donors (Lipinski definition) is 0. The summed E-state index contributed by atoms with van der Waals surface area (Å²) in [7, 11) is 0. The first-order chi connectivity index (χ1) is 9.67. The fourth-order valence-electron chi connectivity index (χ4n) is 1.67. The molecule has 20 heavy (non-hydrogen) atoms. The van der Waals surface area contributed by atoms with Crippen LogP contribution in [0.5, 0.6) is 11.5 Å². The van der Waals surface area contributed by atoms with Gasteiger partial charge in [-0.2, -0.15) is 5.26 Å². The van der Waals surface area contributed by atoms with Gasteiger partial charge in [-0.15, -0.1) is 0 Å². The average molecular weight is 267 g/mol. The van der Waals surface area contributed by atoms with Gasteiger partial charge >= 0.3 is 5.97 Å². The van der Waals surface area contributed by atoms with Crippen molar-refractivity contribution in [3.05, 3.63) is 59.7 Å². The van der Waals surface area contributed by atoms with Crippen molar-refractivity contribution in [2.75, 3.05) is 0 Å². The van der Waals surface area contributed by atoms with Crippen LogP contribution in [0.4, 0.5) is 0 Å². The number of carbonyl (C=O) groups is 1. The fourth-order valence-corrected chi connectivity index (χ4v) is 1.67. The second kappa shape index (κ2) is 6.39. The van der Waals surface area contributed by atoms with Gasteiger partial charge < -0.3 is 9.47 Å². The Hall–Kier alpha value is -2.80. The third-order valence-electron chi connectivity index (χ3n) is 2.55. The molecule has 0 spiro atoms. The Kier molecular flexibility index (Phi) is 4.35. The van der Waals surface area contributed by atoms with Gasteiger partial charge in [0.1, 0.15) is 18.1 Å². The lowest BCUT2D eigenvalue weighted by atomic mass is 10.1. The van der Waals surface area contributed by atoms with Crippen molar-refractivity contribution >= 4 is 5.97 Å². The Bertz CT molecular complexity index is 642. The highest BCUT2D eigenvalue weighted by atomic mass is 16.5. The number of carbonyl (C=O) groups excluding carboxylic acids is 1. The van der Waals surface area contributed by atoms with Gasteiger partial charge in [0.05, 0.1) is 11.6 Å². The topological polar surface area (TPSA) is 59.3 Å². The largest absolute Gasteiger partial charge is 0.489 e. The second-order valence-corrected chi connectivity index (χ2v) is 4.17. The number of esters is 1. The normalized spacial score (nSPS) is 9.60. The number of nitrogens with zero attached hydrogens (tertiary/aromatic N) is 1. The zero-order valence-corrected chi connectivity index (χ0v) is 11.0. The lowest BCUT2D eigenvalue weighted by Crippen LogP contribution is -2.01. The van der Waals surface area contributed by atoms with Gasteiger partial charge in [0.25, 0.3) is 0 Å². The minimum atomic E-state index is -0.355. The quantitative estimate of drug-likeness (QED) is 0.631. The van der Waals surface area contributed by atoms with Crippen molar-refractivity contribution in [1.29, 1.82) is 5.26 Å². The van der Waals surface area contributed by atoms with Crippen LogP contribution in [0.25, 0.3) is 0 Å². The van der Waals surface area contributed by atoms with Gasteiger partial charge in [0.15, 0.2) is 0 Å². The molecule has 0 radical (unpaired) electrons. The molecule has 0 atom stereocenters. The number of ether oxygens (including phenoxy) is 2. The van der Waals surface area contributed by atoms with Gasteiger partial charge in [0, 0.05) is 6.92 Å². The predicted octanol–water partition coefficient (Wildman–Crippen LogP) is 3.06. The molecule has 0 fully saturated rings. The highest BCUT2D eigenvalue weighted by Gasteiger charge is 2.00. The van der Waals surface area contributed by atoms with Gasteiger partial charge in [-0.1, -0.05) is 12.1 Å². The number of rotatable bonds is 4. The van der Waals surface area contributed by atoms with Gasteiger partial charge in [-0.25, -0.2) is 0 Å². The molecule has 0 aliphatic heterocycles. The zero-order valence-electron chi connectivity index (χ0n) is 11.0. The molecule has 0 aromatic heterocycles. The van der Waals surface area contributed by atoms with Crippen molar-refractivity contribution in [2.45, 2.75) is 13.5 Å². The summed E-state index contributed by atoms with van der Waals surface area (Å²) in [5.74, 6) is 0.798. The third-order valence-corrected chi connectivity index (χ3v) is 2.55. The van der Waals surface area contributed by atoms with Gasteiger partial charge in [-0.05, 0) is 42.0 Å². The number of benzene rings is 2. The summed E-state index contributed by atoms with van der Waals surface area (Å²) in [4.78, 5) is 10.8. The first-order valence-electron chi connectivity index (χ1n) is 6.08. The molecule has 4 nitrogen and oxygen atoms in total. The van der Waals surface area contributed by atoms with Crippen LogP contribution in [0.2, 0.25) is 0 Å². The van der Waals surface area contributed by atoms with E-state index < -0.39 is 0 Å². The maximum Gasteiger partial charge on any atom is 0.308 e. The molecule has 4 heteroatoms. The molecule has 0 aliphatic rings. The van der Waals surface area contributed by atoms with E-state index in [0.29, 0.717) is 23.7 Å². The van der Waals surface area contributed by atoms with E-state index in [4.69, 9.17) is 14.7 Å². The molecule has 0 saturated heterocycles. The van der Waals surface area contributed by atoms with Crippen LogP contribution >= 0.6 is 0 Å². The van der Waals surface area contributed by atoms with Crippen LogP contribution in [0, 0.1) is 11.3 Å². The number of nitriles is 1. The minimum absolute atomic E-state index is 0.355. The van der Waals surface area contributed by atoms with Crippen molar-refractivity contribution in [3.63, 3.8) is 0 Å². The molecular weight excluding hydrogens is 254 g/mol. The van der Waals surface area contributed by atoms with Crippen molar-refractivity contribution in [1.82, 2.24) is 0 Å². The SMILES string of the molecule is CC(=O)Oc1ccc(OCc2cccc(C#N)c2)cc1. The Labute approximate surface area is 117 Å². The van der Waals surface area contributed by atoms with Crippen LogP contribution < -0.4 is 9.47 Å². The molecule has 2 rings (SSSR count). The Morgan fingerprint density at radius 1 is 1.15 bits per heavy atom. The molecule has 0 heterocycles. The van der Waals surface area contributed by atoms with Crippen molar-refractivity contribution in [3.8, 4) is 17.6 Å². The molecule has 2 aromatic rings. The van der Waals surface area contributed by atoms with E-state index in [1.165, 1.54) is 6.92 Å². The van der Waals surface area contributed by atoms with Crippen LogP contribution in [-0.2, 0) is 11.4 Å². The monoisotopic (exact) mass is 267 g/mol. The minimum Gasteiger partial charge on any atom is -0.489 e. The Morgan fingerprint density at radius 2 is 1.85 bits per heavy atom. The average Bonchev–Trinajstić information content (AvgIpc) is 2.46. The molecule has 0 saturated carbocycles. The maximum absolute atomic E-state index is 10.8. The lowest BCUT2D eigenvalue weighted by Gasteiger charge is -2.07. The van der Waals surface area contributed by atoms with Crippen LogP contribution in [0.1, 0.15) is 18.1 Å². The summed E-state index contributed by atoms with van der Waals surface area (Å²) >= 11 is 0. The van der Waals surface area contributed by atoms with E-state index in [0.717, 1.165) is 5.56 Å². The highest BCUT2D eigenvalue weighted by molar-refractivity contribution is 5.69. The molecule has 0 N–H and O–H groups in total. The van der Waals surface area contributed by atoms with E-state index in [-0.39, 0.29) is 5.97 Å². The summed E-state index contributed by atoms with van der Waals surface area (Å²) in [5, 5.41) is 8.82. The van der Waals surface area contributed by atoms with Gasteiger partial charge in [0.2, 0.25) is 0 Å². The Morgan fingerprint density at radius 3 is 2.50 bits per heavy atom.